The zero-order valence-corrected chi connectivity index (χ0v) is 16.5. The molecule has 2 amide bonds. The van der Waals surface area contributed by atoms with E-state index in [1.807, 2.05) is 12.3 Å². The van der Waals surface area contributed by atoms with Gasteiger partial charge < -0.3 is 9.47 Å². The summed E-state index contributed by atoms with van der Waals surface area (Å²) in [5.41, 5.74) is 0.831. The maximum Gasteiger partial charge on any atom is 0.416 e. The van der Waals surface area contributed by atoms with E-state index in [1.54, 1.807) is 12.1 Å². The molecular formula is C20H25NO5S. The van der Waals surface area contributed by atoms with Crippen molar-refractivity contribution in [1.82, 2.24) is 4.90 Å². The van der Waals surface area contributed by atoms with Crippen LogP contribution < -0.4 is 4.74 Å². The molecule has 7 heteroatoms. The van der Waals surface area contributed by atoms with Crippen molar-refractivity contribution in [2.75, 3.05) is 19.4 Å². The summed E-state index contributed by atoms with van der Waals surface area (Å²) >= 11 is 1.45. The van der Waals surface area contributed by atoms with Gasteiger partial charge in [0.05, 0.1) is 17.4 Å². The summed E-state index contributed by atoms with van der Waals surface area (Å²) in [6.45, 7) is 1.89. The third kappa shape index (κ3) is 4.29. The molecule has 6 nitrogen and oxygen atoms in total. The second-order valence-electron chi connectivity index (χ2n) is 6.95. The minimum absolute atomic E-state index is 0.165. The van der Waals surface area contributed by atoms with Gasteiger partial charge in [0.25, 0.3) is 0 Å². The van der Waals surface area contributed by atoms with Crippen molar-refractivity contribution in [3.05, 3.63) is 23.8 Å². The largest absolute Gasteiger partial charge is 0.447 e. The number of cyclic esters (lactones) is 1. The van der Waals surface area contributed by atoms with Gasteiger partial charge in [-0.25, -0.2) is 9.69 Å². The van der Waals surface area contributed by atoms with Crippen LogP contribution in [0, 0.1) is 5.92 Å². The molecule has 1 atom stereocenters. The fourth-order valence-corrected chi connectivity index (χ4v) is 4.79. The van der Waals surface area contributed by atoms with Crippen LogP contribution in [0.2, 0.25) is 0 Å². The number of carbonyl (C=O) groups is 3. The molecule has 2 fully saturated rings. The molecule has 0 unspecified atom stereocenters. The summed E-state index contributed by atoms with van der Waals surface area (Å²) in [5, 5.41) is 0. The zero-order valence-electron chi connectivity index (χ0n) is 15.7. The molecule has 1 aromatic carbocycles. The number of amides is 2. The van der Waals surface area contributed by atoms with Crippen LogP contribution in [0.3, 0.4) is 0 Å². The molecule has 1 saturated carbocycles. The SMILES string of the molecule is CSc1c(OC(C)=O)cccc1[C@@H](C(=O)N1CCOC1=O)C1CCCCC1. The Bertz CT molecular complexity index is 729. The topological polar surface area (TPSA) is 72.9 Å². The molecule has 0 N–H and O–H groups in total. The Morgan fingerprint density at radius 3 is 2.59 bits per heavy atom. The summed E-state index contributed by atoms with van der Waals surface area (Å²) in [6, 6.07) is 5.46. The number of hydrogen-bond acceptors (Lipinski definition) is 6. The lowest BCUT2D eigenvalue weighted by Gasteiger charge is -2.32. The van der Waals surface area contributed by atoms with Crippen molar-refractivity contribution in [2.24, 2.45) is 5.92 Å². The summed E-state index contributed by atoms with van der Waals surface area (Å²) in [7, 11) is 0. The number of benzene rings is 1. The summed E-state index contributed by atoms with van der Waals surface area (Å²) in [4.78, 5) is 38.9. The Hall–Kier alpha value is -2.02. The van der Waals surface area contributed by atoms with Gasteiger partial charge in [-0.2, -0.15) is 0 Å². The van der Waals surface area contributed by atoms with Crippen molar-refractivity contribution < 1.29 is 23.9 Å². The first-order chi connectivity index (χ1) is 13.0. The first-order valence-corrected chi connectivity index (χ1v) is 10.6. The molecule has 1 aromatic rings. The number of rotatable bonds is 5. The average molecular weight is 391 g/mol. The smallest absolute Gasteiger partial charge is 0.416 e. The van der Waals surface area contributed by atoms with E-state index in [0.717, 1.165) is 36.1 Å². The van der Waals surface area contributed by atoms with Crippen LogP contribution >= 0.6 is 11.8 Å². The van der Waals surface area contributed by atoms with Crippen molar-refractivity contribution in [1.29, 1.82) is 0 Å². The third-order valence-corrected chi connectivity index (χ3v) is 6.06. The molecule has 1 aliphatic heterocycles. The van der Waals surface area contributed by atoms with Gasteiger partial charge in [0.15, 0.2) is 0 Å². The number of ether oxygens (including phenoxy) is 2. The normalized spacial score (nSPS) is 18.9. The van der Waals surface area contributed by atoms with E-state index in [0.29, 0.717) is 12.3 Å². The van der Waals surface area contributed by atoms with E-state index in [9.17, 15) is 14.4 Å². The van der Waals surface area contributed by atoms with Gasteiger partial charge in [-0.3, -0.25) is 9.59 Å². The fraction of sp³-hybridized carbons (Fsp3) is 0.550. The number of nitrogens with zero attached hydrogens (tertiary/aromatic N) is 1. The molecule has 2 aliphatic rings. The molecule has 1 heterocycles. The Kier molecular flexibility index (Phi) is 6.42. The van der Waals surface area contributed by atoms with Gasteiger partial charge >= 0.3 is 12.1 Å². The van der Waals surface area contributed by atoms with Crippen molar-refractivity contribution in [3.63, 3.8) is 0 Å². The molecule has 0 bridgehead atoms. The second kappa shape index (κ2) is 8.78. The lowest BCUT2D eigenvalue weighted by Crippen LogP contribution is -2.39. The maximum atomic E-state index is 13.4. The quantitative estimate of drug-likeness (QED) is 0.429. The average Bonchev–Trinajstić information content (AvgIpc) is 3.08. The van der Waals surface area contributed by atoms with Gasteiger partial charge in [0.2, 0.25) is 5.91 Å². The van der Waals surface area contributed by atoms with Crippen LogP contribution in [0.5, 0.6) is 5.75 Å². The van der Waals surface area contributed by atoms with Crippen LogP contribution in [0.1, 0.15) is 50.5 Å². The number of esters is 1. The molecule has 1 saturated heterocycles. The van der Waals surface area contributed by atoms with Crippen LogP contribution in [0.4, 0.5) is 4.79 Å². The Morgan fingerprint density at radius 1 is 1.26 bits per heavy atom. The highest BCUT2D eigenvalue weighted by Crippen LogP contribution is 2.43. The van der Waals surface area contributed by atoms with Crippen LogP contribution in [-0.2, 0) is 14.3 Å². The number of hydrogen-bond donors (Lipinski definition) is 0. The van der Waals surface area contributed by atoms with Crippen LogP contribution in [0.15, 0.2) is 23.1 Å². The van der Waals surface area contributed by atoms with E-state index in [4.69, 9.17) is 9.47 Å². The zero-order chi connectivity index (χ0) is 19.4. The van der Waals surface area contributed by atoms with Gasteiger partial charge in [-0.15, -0.1) is 11.8 Å². The van der Waals surface area contributed by atoms with E-state index in [1.165, 1.54) is 30.0 Å². The minimum atomic E-state index is -0.567. The Morgan fingerprint density at radius 2 is 2.00 bits per heavy atom. The third-order valence-electron chi connectivity index (χ3n) is 5.22. The molecular weight excluding hydrogens is 366 g/mol. The predicted molar refractivity (Wildman–Crippen MR) is 102 cm³/mol. The van der Waals surface area contributed by atoms with Crippen LogP contribution in [-0.4, -0.2) is 42.3 Å². The first kappa shape index (κ1) is 19.7. The monoisotopic (exact) mass is 391 g/mol. The number of thioether (sulfide) groups is 1. The van der Waals surface area contributed by atoms with E-state index >= 15 is 0 Å². The maximum absolute atomic E-state index is 13.4. The Labute approximate surface area is 163 Å². The van der Waals surface area contributed by atoms with E-state index in [-0.39, 0.29) is 18.4 Å². The molecule has 0 spiro atoms. The predicted octanol–water partition coefficient (Wildman–Crippen LogP) is 3.98. The van der Waals surface area contributed by atoms with Gasteiger partial charge in [0, 0.05) is 6.92 Å². The molecule has 146 valence electrons. The molecule has 3 rings (SSSR count). The van der Waals surface area contributed by atoms with Gasteiger partial charge in [0.1, 0.15) is 12.4 Å². The van der Waals surface area contributed by atoms with Crippen molar-refractivity contribution in [2.45, 2.75) is 49.8 Å². The molecule has 0 aromatic heterocycles. The Balaban J connectivity index is 2.03. The van der Waals surface area contributed by atoms with E-state index in [2.05, 4.69) is 0 Å². The van der Waals surface area contributed by atoms with Crippen molar-refractivity contribution in [3.8, 4) is 5.75 Å². The van der Waals surface area contributed by atoms with E-state index < -0.39 is 18.0 Å². The van der Waals surface area contributed by atoms with Crippen LogP contribution in [0.25, 0.3) is 0 Å². The van der Waals surface area contributed by atoms with Gasteiger partial charge in [-0.05, 0) is 36.6 Å². The highest BCUT2D eigenvalue weighted by molar-refractivity contribution is 7.98. The summed E-state index contributed by atoms with van der Waals surface area (Å²) in [6.07, 6.45) is 6.57. The highest BCUT2D eigenvalue weighted by atomic mass is 32.2. The molecule has 0 radical (unpaired) electrons. The minimum Gasteiger partial charge on any atom is -0.447 e. The summed E-state index contributed by atoms with van der Waals surface area (Å²) in [5.74, 6) is -0.414. The highest BCUT2D eigenvalue weighted by Gasteiger charge is 2.40. The first-order valence-electron chi connectivity index (χ1n) is 9.36. The molecule has 27 heavy (non-hydrogen) atoms. The molecule has 1 aliphatic carbocycles. The summed E-state index contributed by atoms with van der Waals surface area (Å²) < 4.78 is 10.3. The lowest BCUT2D eigenvalue weighted by atomic mass is 9.76. The fourth-order valence-electron chi connectivity index (χ4n) is 4.05. The number of imide groups is 1. The van der Waals surface area contributed by atoms with Gasteiger partial charge in [-0.1, -0.05) is 31.4 Å². The number of carbonyl (C=O) groups excluding carboxylic acids is 3. The second-order valence-corrected chi connectivity index (χ2v) is 7.77. The lowest BCUT2D eigenvalue weighted by molar-refractivity contribution is -0.132. The van der Waals surface area contributed by atoms with Crippen molar-refractivity contribution >= 4 is 29.7 Å². The standard InChI is InChI=1S/C20H25NO5S/c1-13(22)26-16-10-6-9-15(18(16)27-2)17(14-7-4-3-5-8-14)19(23)21-11-12-25-20(21)24/h6,9-10,14,17H,3-5,7-8,11-12H2,1-2H3/t17-/m0/s1.